The number of aryl methyl sites for hydroxylation is 2. The van der Waals surface area contributed by atoms with Crippen LogP contribution in [0.3, 0.4) is 0 Å². The Kier molecular flexibility index (Phi) is 4.37. The fourth-order valence-electron chi connectivity index (χ4n) is 2.97. The largest absolute Gasteiger partial charge is 0.453 e. The fourth-order valence-corrected chi connectivity index (χ4v) is 4.03. The van der Waals surface area contributed by atoms with Crippen molar-refractivity contribution in [3.05, 3.63) is 74.9 Å². The van der Waals surface area contributed by atoms with Crippen LogP contribution in [0.15, 0.2) is 47.4 Å². The smallest absolute Gasteiger partial charge is 0.355 e. The van der Waals surface area contributed by atoms with Crippen molar-refractivity contribution in [3.8, 4) is 11.1 Å². The zero-order chi connectivity index (χ0) is 19.0. The molecule has 0 unspecified atom stereocenters. The second-order valence-corrected chi connectivity index (χ2v) is 7.46. The molecular formula is C20H17N3O3S. The van der Waals surface area contributed by atoms with Crippen molar-refractivity contribution < 1.29 is 9.53 Å². The van der Waals surface area contributed by atoms with Gasteiger partial charge >= 0.3 is 5.97 Å². The molecule has 0 aliphatic carbocycles. The van der Waals surface area contributed by atoms with Crippen LogP contribution in [0.25, 0.3) is 21.3 Å². The SMILES string of the molecule is Cc1ccc(-c2c(C)sc3nc(COC(=O)c4ccc[nH]4)[nH]c(=O)c23)cc1. The lowest BCUT2D eigenvalue weighted by Crippen LogP contribution is -2.14. The number of aromatic amines is 2. The third kappa shape index (κ3) is 3.29. The number of carbonyl (C=O) groups is 1. The molecule has 0 spiro atoms. The van der Waals surface area contributed by atoms with Crippen molar-refractivity contribution in [3.63, 3.8) is 0 Å². The number of benzene rings is 1. The van der Waals surface area contributed by atoms with Crippen molar-refractivity contribution >= 4 is 27.5 Å². The monoisotopic (exact) mass is 379 g/mol. The van der Waals surface area contributed by atoms with Crippen LogP contribution in [-0.2, 0) is 11.3 Å². The Balaban J connectivity index is 1.68. The summed E-state index contributed by atoms with van der Waals surface area (Å²) < 4.78 is 5.21. The van der Waals surface area contributed by atoms with E-state index in [0.29, 0.717) is 21.7 Å². The summed E-state index contributed by atoms with van der Waals surface area (Å²) in [7, 11) is 0. The second-order valence-electron chi connectivity index (χ2n) is 6.25. The number of nitrogens with one attached hydrogen (secondary N) is 2. The van der Waals surface area contributed by atoms with Gasteiger partial charge in [0.2, 0.25) is 0 Å². The normalized spacial score (nSPS) is 11.0. The Labute approximate surface area is 158 Å². The molecule has 0 radical (unpaired) electrons. The van der Waals surface area contributed by atoms with Crippen LogP contribution in [-0.4, -0.2) is 20.9 Å². The number of rotatable bonds is 4. The first-order valence-electron chi connectivity index (χ1n) is 8.43. The van der Waals surface area contributed by atoms with E-state index in [1.165, 1.54) is 11.3 Å². The minimum absolute atomic E-state index is 0.0974. The number of hydrogen-bond donors (Lipinski definition) is 2. The molecule has 0 amide bonds. The third-order valence-corrected chi connectivity index (χ3v) is 5.28. The topological polar surface area (TPSA) is 87.8 Å². The van der Waals surface area contributed by atoms with Gasteiger partial charge in [-0.1, -0.05) is 29.8 Å². The third-order valence-electron chi connectivity index (χ3n) is 4.29. The quantitative estimate of drug-likeness (QED) is 0.526. The van der Waals surface area contributed by atoms with Crippen molar-refractivity contribution in [2.45, 2.75) is 20.5 Å². The number of aromatic nitrogens is 3. The van der Waals surface area contributed by atoms with E-state index < -0.39 is 5.97 Å². The molecule has 1 aromatic carbocycles. The molecular weight excluding hydrogens is 362 g/mol. The van der Waals surface area contributed by atoms with Crippen LogP contribution >= 0.6 is 11.3 Å². The number of ether oxygens (including phenoxy) is 1. The highest BCUT2D eigenvalue weighted by Crippen LogP contribution is 2.35. The van der Waals surface area contributed by atoms with Crippen molar-refractivity contribution in [2.24, 2.45) is 0 Å². The minimum Gasteiger partial charge on any atom is -0.453 e. The molecule has 136 valence electrons. The predicted octanol–water partition coefficient (Wildman–Crippen LogP) is 3.95. The zero-order valence-corrected chi connectivity index (χ0v) is 15.6. The number of esters is 1. The van der Waals surface area contributed by atoms with E-state index in [4.69, 9.17) is 4.74 Å². The van der Waals surface area contributed by atoms with Crippen molar-refractivity contribution in [1.82, 2.24) is 15.0 Å². The Hall–Kier alpha value is -3.19. The van der Waals surface area contributed by atoms with Gasteiger partial charge in [-0.3, -0.25) is 4.79 Å². The van der Waals surface area contributed by atoms with Crippen LogP contribution < -0.4 is 5.56 Å². The van der Waals surface area contributed by atoms with E-state index in [2.05, 4.69) is 15.0 Å². The summed E-state index contributed by atoms with van der Waals surface area (Å²) >= 11 is 1.46. The fraction of sp³-hybridized carbons (Fsp3) is 0.150. The van der Waals surface area contributed by atoms with Crippen LogP contribution in [0.4, 0.5) is 0 Å². The molecule has 0 saturated heterocycles. The number of carbonyl (C=O) groups excluding carboxylic acids is 1. The first-order chi connectivity index (χ1) is 13.0. The van der Waals surface area contributed by atoms with Crippen LogP contribution in [0.5, 0.6) is 0 Å². The van der Waals surface area contributed by atoms with Crippen LogP contribution in [0.1, 0.15) is 26.8 Å². The maximum Gasteiger partial charge on any atom is 0.355 e. The standard InChI is InChI=1S/C20H17N3O3S/c1-11-5-7-13(8-6-11)16-12(2)27-19-17(16)18(24)22-15(23-19)10-26-20(25)14-4-3-9-21-14/h3-9,21H,10H2,1-2H3,(H,22,23,24). The molecule has 7 heteroatoms. The summed E-state index contributed by atoms with van der Waals surface area (Å²) in [5, 5.41) is 0.570. The predicted molar refractivity (Wildman–Crippen MR) is 105 cm³/mol. The number of fused-ring (bicyclic) bond motifs is 1. The molecule has 27 heavy (non-hydrogen) atoms. The maximum absolute atomic E-state index is 12.7. The highest BCUT2D eigenvalue weighted by Gasteiger charge is 2.17. The first-order valence-corrected chi connectivity index (χ1v) is 9.24. The van der Waals surface area contributed by atoms with E-state index in [-0.39, 0.29) is 12.2 Å². The molecule has 3 aromatic heterocycles. The Morgan fingerprint density at radius 3 is 2.67 bits per heavy atom. The zero-order valence-electron chi connectivity index (χ0n) is 14.8. The molecule has 0 saturated carbocycles. The molecule has 0 atom stereocenters. The highest BCUT2D eigenvalue weighted by atomic mass is 32.1. The van der Waals surface area contributed by atoms with Gasteiger partial charge in [0.05, 0.1) is 5.39 Å². The molecule has 3 heterocycles. The van der Waals surface area contributed by atoms with E-state index in [1.54, 1.807) is 18.3 Å². The first kappa shape index (κ1) is 17.2. The summed E-state index contributed by atoms with van der Waals surface area (Å²) in [6.45, 7) is 3.91. The molecule has 0 fully saturated rings. The average molecular weight is 379 g/mol. The molecule has 4 rings (SSSR count). The summed E-state index contributed by atoms with van der Waals surface area (Å²) in [4.78, 5) is 36.3. The van der Waals surface area contributed by atoms with Gasteiger partial charge in [0, 0.05) is 16.6 Å². The number of nitrogens with zero attached hydrogens (tertiary/aromatic N) is 1. The van der Waals surface area contributed by atoms with Gasteiger partial charge in [0.15, 0.2) is 0 Å². The van der Waals surface area contributed by atoms with Crippen molar-refractivity contribution in [1.29, 1.82) is 0 Å². The lowest BCUT2D eigenvalue weighted by atomic mass is 10.0. The summed E-state index contributed by atoms with van der Waals surface area (Å²) in [6.07, 6.45) is 1.64. The second kappa shape index (κ2) is 6.85. The van der Waals surface area contributed by atoms with E-state index >= 15 is 0 Å². The van der Waals surface area contributed by atoms with Crippen LogP contribution in [0.2, 0.25) is 0 Å². The maximum atomic E-state index is 12.7. The number of thiophene rings is 1. The van der Waals surface area contributed by atoms with E-state index in [1.807, 2.05) is 38.1 Å². The lowest BCUT2D eigenvalue weighted by Gasteiger charge is -2.04. The Morgan fingerprint density at radius 1 is 1.19 bits per heavy atom. The van der Waals surface area contributed by atoms with Gasteiger partial charge in [-0.05, 0) is 31.5 Å². The molecule has 2 N–H and O–H groups in total. The summed E-state index contributed by atoms with van der Waals surface area (Å²) in [5.74, 6) is -0.172. The van der Waals surface area contributed by atoms with E-state index in [0.717, 1.165) is 21.6 Å². The van der Waals surface area contributed by atoms with Gasteiger partial charge in [-0.2, -0.15) is 0 Å². The van der Waals surface area contributed by atoms with Crippen LogP contribution in [0, 0.1) is 13.8 Å². The molecule has 0 bridgehead atoms. The highest BCUT2D eigenvalue weighted by molar-refractivity contribution is 7.19. The molecule has 0 aliphatic rings. The van der Waals surface area contributed by atoms with Gasteiger partial charge in [0.1, 0.15) is 23.0 Å². The Bertz CT molecular complexity index is 1170. The van der Waals surface area contributed by atoms with Gasteiger partial charge < -0.3 is 14.7 Å². The number of H-pyrrole nitrogens is 2. The number of hydrogen-bond acceptors (Lipinski definition) is 5. The minimum atomic E-state index is -0.495. The Morgan fingerprint density at radius 2 is 1.96 bits per heavy atom. The molecule has 0 aliphatic heterocycles. The van der Waals surface area contributed by atoms with E-state index in [9.17, 15) is 9.59 Å². The lowest BCUT2D eigenvalue weighted by molar-refractivity contribution is 0.0456. The molecule has 6 nitrogen and oxygen atoms in total. The summed E-state index contributed by atoms with van der Waals surface area (Å²) in [6, 6.07) is 11.4. The van der Waals surface area contributed by atoms with Gasteiger partial charge in [-0.15, -0.1) is 11.3 Å². The van der Waals surface area contributed by atoms with Crippen molar-refractivity contribution in [2.75, 3.05) is 0 Å². The molecule has 4 aromatic rings. The van der Waals surface area contributed by atoms with Gasteiger partial charge in [0.25, 0.3) is 5.56 Å². The average Bonchev–Trinajstić information content (AvgIpc) is 3.28. The van der Waals surface area contributed by atoms with Gasteiger partial charge in [-0.25, -0.2) is 9.78 Å². The summed E-state index contributed by atoms with van der Waals surface area (Å²) in [5.41, 5.74) is 3.17.